The summed E-state index contributed by atoms with van der Waals surface area (Å²) in [6, 6.07) is 11.0. The molecular weight excluding hydrogens is 290 g/mol. The number of carbonyl (C=O) groups is 1. The number of para-hydroxylation sites is 2. The number of nitrogens with one attached hydrogen (secondary N) is 2. The molecule has 5 nitrogen and oxygen atoms in total. The summed E-state index contributed by atoms with van der Waals surface area (Å²) in [6.07, 6.45) is 4.88. The zero-order valence-corrected chi connectivity index (χ0v) is 13.6. The van der Waals surface area contributed by atoms with E-state index in [2.05, 4.69) is 22.5 Å². The Kier molecular flexibility index (Phi) is 6.41. The van der Waals surface area contributed by atoms with E-state index in [1.165, 1.54) is 0 Å². The SMILES string of the molecule is CCCCCNC(=O)c1ccnc(Nc2ccccc2OC)c1. The topological polar surface area (TPSA) is 63.2 Å². The highest BCUT2D eigenvalue weighted by molar-refractivity contribution is 5.94. The van der Waals surface area contributed by atoms with Crippen molar-refractivity contribution in [3.05, 3.63) is 48.2 Å². The lowest BCUT2D eigenvalue weighted by atomic mass is 10.2. The molecular formula is C18H23N3O2. The summed E-state index contributed by atoms with van der Waals surface area (Å²) in [4.78, 5) is 16.4. The van der Waals surface area contributed by atoms with Crippen LogP contribution >= 0.6 is 0 Å². The summed E-state index contributed by atoms with van der Waals surface area (Å²) >= 11 is 0. The van der Waals surface area contributed by atoms with Gasteiger partial charge >= 0.3 is 0 Å². The molecule has 0 bridgehead atoms. The second-order valence-corrected chi connectivity index (χ2v) is 5.22. The summed E-state index contributed by atoms with van der Waals surface area (Å²) in [6.45, 7) is 2.84. The number of anilines is 2. The van der Waals surface area contributed by atoms with E-state index >= 15 is 0 Å². The third kappa shape index (κ3) is 4.98. The highest BCUT2D eigenvalue weighted by Gasteiger charge is 2.08. The normalized spacial score (nSPS) is 10.2. The van der Waals surface area contributed by atoms with Crippen LogP contribution in [0.4, 0.5) is 11.5 Å². The fraction of sp³-hybridized carbons (Fsp3) is 0.333. The Hall–Kier alpha value is -2.56. The molecule has 0 aliphatic rings. The molecule has 5 heteroatoms. The first-order valence-corrected chi connectivity index (χ1v) is 7.89. The predicted molar refractivity (Wildman–Crippen MR) is 92.4 cm³/mol. The van der Waals surface area contributed by atoms with Crippen LogP contribution in [-0.4, -0.2) is 24.5 Å². The molecule has 122 valence electrons. The number of hydrogen-bond donors (Lipinski definition) is 2. The van der Waals surface area contributed by atoms with Crippen LogP contribution in [0.25, 0.3) is 0 Å². The molecule has 1 aromatic carbocycles. The van der Waals surface area contributed by atoms with Gasteiger partial charge in [0.15, 0.2) is 0 Å². The molecule has 1 aromatic heterocycles. The zero-order valence-electron chi connectivity index (χ0n) is 13.6. The highest BCUT2D eigenvalue weighted by Crippen LogP contribution is 2.26. The molecule has 1 heterocycles. The monoisotopic (exact) mass is 313 g/mol. The van der Waals surface area contributed by atoms with Crippen molar-refractivity contribution >= 4 is 17.4 Å². The van der Waals surface area contributed by atoms with E-state index in [1.807, 2.05) is 24.3 Å². The number of aromatic nitrogens is 1. The lowest BCUT2D eigenvalue weighted by molar-refractivity contribution is 0.0953. The summed E-state index contributed by atoms with van der Waals surface area (Å²) in [5.74, 6) is 1.26. The van der Waals surface area contributed by atoms with Gasteiger partial charge in [-0.25, -0.2) is 4.98 Å². The number of unbranched alkanes of at least 4 members (excludes halogenated alkanes) is 2. The van der Waals surface area contributed by atoms with Gasteiger partial charge < -0.3 is 15.4 Å². The quantitative estimate of drug-likeness (QED) is 0.729. The number of carbonyl (C=O) groups excluding carboxylic acids is 1. The molecule has 0 unspecified atom stereocenters. The molecule has 0 fully saturated rings. The highest BCUT2D eigenvalue weighted by atomic mass is 16.5. The van der Waals surface area contributed by atoms with Gasteiger partial charge in [0.05, 0.1) is 12.8 Å². The van der Waals surface area contributed by atoms with Gasteiger partial charge in [0.2, 0.25) is 0 Å². The van der Waals surface area contributed by atoms with Crippen LogP contribution in [0.1, 0.15) is 36.5 Å². The number of benzene rings is 1. The van der Waals surface area contributed by atoms with Crippen LogP contribution in [0.2, 0.25) is 0 Å². The zero-order chi connectivity index (χ0) is 16.5. The first-order chi connectivity index (χ1) is 11.2. The summed E-state index contributed by atoms with van der Waals surface area (Å²) in [5.41, 5.74) is 1.40. The van der Waals surface area contributed by atoms with Crippen molar-refractivity contribution in [2.75, 3.05) is 19.0 Å². The van der Waals surface area contributed by atoms with Crippen molar-refractivity contribution in [2.45, 2.75) is 26.2 Å². The number of ether oxygens (including phenoxy) is 1. The maximum Gasteiger partial charge on any atom is 0.251 e. The van der Waals surface area contributed by atoms with E-state index in [9.17, 15) is 4.79 Å². The second kappa shape index (κ2) is 8.78. The van der Waals surface area contributed by atoms with Crippen molar-refractivity contribution < 1.29 is 9.53 Å². The van der Waals surface area contributed by atoms with Crippen LogP contribution < -0.4 is 15.4 Å². The van der Waals surface area contributed by atoms with Gasteiger partial charge in [0, 0.05) is 18.3 Å². The van der Waals surface area contributed by atoms with Crippen molar-refractivity contribution in [2.24, 2.45) is 0 Å². The molecule has 23 heavy (non-hydrogen) atoms. The van der Waals surface area contributed by atoms with E-state index in [4.69, 9.17) is 4.74 Å². The number of pyridine rings is 1. The molecule has 0 saturated heterocycles. The van der Waals surface area contributed by atoms with Crippen molar-refractivity contribution in [3.8, 4) is 5.75 Å². The number of methoxy groups -OCH3 is 1. The smallest absolute Gasteiger partial charge is 0.251 e. The fourth-order valence-electron chi connectivity index (χ4n) is 2.21. The fourth-order valence-corrected chi connectivity index (χ4v) is 2.21. The molecule has 1 amide bonds. The van der Waals surface area contributed by atoms with Crippen molar-refractivity contribution in [1.82, 2.24) is 10.3 Å². The molecule has 0 aliphatic carbocycles. The Bertz CT molecular complexity index is 644. The molecule has 2 aromatic rings. The number of nitrogens with zero attached hydrogens (tertiary/aromatic N) is 1. The van der Waals surface area contributed by atoms with Crippen LogP contribution in [0.15, 0.2) is 42.6 Å². The van der Waals surface area contributed by atoms with Gasteiger partial charge in [0.1, 0.15) is 11.6 Å². The van der Waals surface area contributed by atoms with Crippen LogP contribution in [-0.2, 0) is 0 Å². The van der Waals surface area contributed by atoms with Crippen LogP contribution in [0, 0.1) is 0 Å². The molecule has 0 spiro atoms. The summed E-state index contributed by atoms with van der Waals surface area (Å²) < 4.78 is 5.30. The first-order valence-electron chi connectivity index (χ1n) is 7.89. The van der Waals surface area contributed by atoms with Crippen LogP contribution in [0.5, 0.6) is 5.75 Å². The van der Waals surface area contributed by atoms with E-state index < -0.39 is 0 Å². The molecule has 0 radical (unpaired) electrons. The van der Waals surface area contributed by atoms with E-state index in [0.29, 0.717) is 17.9 Å². The second-order valence-electron chi connectivity index (χ2n) is 5.22. The van der Waals surface area contributed by atoms with Crippen LogP contribution in [0.3, 0.4) is 0 Å². The van der Waals surface area contributed by atoms with E-state index in [-0.39, 0.29) is 5.91 Å². The number of hydrogen-bond acceptors (Lipinski definition) is 4. The van der Waals surface area contributed by atoms with Gasteiger partial charge in [-0.1, -0.05) is 31.9 Å². The Labute approximate surface area is 137 Å². The third-order valence-electron chi connectivity index (χ3n) is 3.46. The minimum absolute atomic E-state index is 0.0772. The van der Waals surface area contributed by atoms with Crippen molar-refractivity contribution in [3.63, 3.8) is 0 Å². The van der Waals surface area contributed by atoms with Gasteiger partial charge in [0.25, 0.3) is 5.91 Å². The Balaban J connectivity index is 2.03. The molecule has 0 saturated carbocycles. The maximum absolute atomic E-state index is 12.1. The van der Waals surface area contributed by atoms with Gasteiger partial charge in [-0.2, -0.15) is 0 Å². The molecule has 0 atom stereocenters. The van der Waals surface area contributed by atoms with Crippen molar-refractivity contribution in [1.29, 1.82) is 0 Å². The molecule has 0 aliphatic heterocycles. The minimum atomic E-state index is -0.0772. The molecule has 2 rings (SSSR count). The van der Waals surface area contributed by atoms with Gasteiger partial charge in [-0.3, -0.25) is 4.79 Å². The lowest BCUT2D eigenvalue weighted by Crippen LogP contribution is -2.24. The summed E-state index contributed by atoms with van der Waals surface area (Å²) in [7, 11) is 1.62. The van der Waals surface area contributed by atoms with Gasteiger partial charge in [-0.15, -0.1) is 0 Å². The third-order valence-corrected chi connectivity index (χ3v) is 3.46. The molecule has 2 N–H and O–H groups in total. The van der Waals surface area contributed by atoms with Gasteiger partial charge in [-0.05, 0) is 30.7 Å². The average molecular weight is 313 g/mol. The predicted octanol–water partition coefficient (Wildman–Crippen LogP) is 3.75. The largest absolute Gasteiger partial charge is 0.495 e. The Morgan fingerprint density at radius 3 is 2.83 bits per heavy atom. The average Bonchev–Trinajstić information content (AvgIpc) is 2.59. The standard InChI is InChI=1S/C18H23N3O2/c1-3-4-7-11-20-18(22)14-10-12-19-17(13-14)21-15-8-5-6-9-16(15)23-2/h5-6,8-10,12-13H,3-4,7,11H2,1-2H3,(H,19,21)(H,20,22). The first kappa shape index (κ1) is 16.8. The lowest BCUT2D eigenvalue weighted by Gasteiger charge is -2.11. The summed E-state index contributed by atoms with van der Waals surface area (Å²) in [5, 5.41) is 6.11. The minimum Gasteiger partial charge on any atom is -0.495 e. The maximum atomic E-state index is 12.1. The van der Waals surface area contributed by atoms with E-state index in [0.717, 1.165) is 30.7 Å². The number of amides is 1. The Morgan fingerprint density at radius 2 is 2.04 bits per heavy atom. The Morgan fingerprint density at radius 1 is 1.22 bits per heavy atom. The van der Waals surface area contributed by atoms with E-state index in [1.54, 1.807) is 25.4 Å². The number of rotatable bonds is 8.